The van der Waals surface area contributed by atoms with Crippen LogP contribution in [0.25, 0.3) is 0 Å². The normalized spacial score (nSPS) is 19.7. The minimum absolute atomic E-state index is 0.217. The van der Waals surface area contributed by atoms with Crippen LogP contribution >= 0.6 is 0 Å². The van der Waals surface area contributed by atoms with Crippen LogP contribution in [-0.4, -0.2) is 12.5 Å². The Morgan fingerprint density at radius 1 is 1.40 bits per heavy atom. The Kier molecular flexibility index (Phi) is 2.40. The minimum Gasteiger partial charge on any atom is -0.330 e. The Bertz CT molecular complexity index is 420. The third-order valence-corrected chi connectivity index (χ3v) is 2.52. The van der Waals surface area contributed by atoms with Gasteiger partial charge in [-0.05, 0) is 18.2 Å². The number of rotatable bonds is 1. The summed E-state index contributed by atoms with van der Waals surface area (Å²) in [7, 11) is 0. The highest BCUT2D eigenvalue weighted by Gasteiger charge is 2.25. The summed E-state index contributed by atoms with van der Waals surface area (Å²) in [5.74, 6) is -2.33. The molecule has 0 aromatic heterocycles. The lowest BCUT2D eigenvalue weighted by atomic mass is 9.90. The molecule has 1 amide bonds. The van der Waals surface area contributed by atoms with E-state index in [4.69, 9.17) is 5.73 Å². The number of fused-ring (bicyclic) bond motifs is 1. The van der Waals surface area contributed by atoms with Gasteiger partial charge in [-0.1, -0.05) is 0 Å². The average molecular weight is 212 g/mol. The van der Waals surface area contributed by atoms with Crippen molar-refractivity contribution in [3.05, 3.63) is 29.3 Å². The SMILES string of the molecule is NCC1CC(=O)Nc2cc(F)c(F)cc21. The lowest BCUT2D eigenvalue weighted by Gasteiger charge is -2.24. The summed E-state index contributed by atoms with van der Waals surface area (Å²) in [6, 6.07) is 2.09. The zero-order valence-electron chi connectivity index (χ0n) is 7.89. The fraction of sp³-hybridized carbons (Fsp3) is 0.300. The van der Waals surface area contributed by atoms with Gasteiger partial charge in [-0.3, -0.25) is 4.79 Å². The van der Waals surface area contributed by atoms with Gasteiger partial charge < -0.3 is 11.1 Å². The number of anilines is 1. The van der Waals surface area contributed by atoms with Crippen LogP contribution < -0.4 is 11.1 Å². The molecular formula is C10H10F2N2O. The smallest absolute Gasteiger partial charge is 0.225 e. The van der Waals surface area contributed by atoms with Crippen LogP contribution in [0.3, 0.4) is 0 Å². The molecule has 0 fully saturated rings. The fourth-order valence-corrected chi connectivity index (χ4v) is 1.75. The maximum absolute atomic E-state index is 13.0. The van der Waals surface area contributed by atoms with Gasteiger partial charge in [-0.15, -0.1) is 0 Å². The molecule has 0 aliphatic carbocycles. The van der Waals surface area contributed by atoms with E-state index < -0.39 is 11.6 Å². The lowest BCUT2D eigenvalue weighted by Crippen LogP contribution is -2.27. The number of hydrogen-bond donors (Lipinski definition) is 2. The van der Waals surface area contributed by atoms with E-state index in [1.807, 2.05) is 0 Å². The number of hydrogen-bond acceptors (Lipinski definition) is 2. The first kappa shape index (κ1) is 10.0. The summed E-state index contributed by atoms with van der Waals surface area (Å²) in [5, 5.41) is 2.49. The second-order valence-electron chi connectivity index (χ2n) is 3.54. The molecule has 1 aromatic rings. The van der Waals surface area contributed by atoms with Gasteiger partial charge in [0.1, 0.15) is 0 Å². The molecule has 15 heavy (non-hydrogen) atoms. The van der Waals surface area contributed by atoms with E-state index in [9.17, 15) is 13.6 Å². The highest BCUT2D eigenvalue weighted by Crippen LogP contribution is 2.32. The average Bonchev–Trinajstić information content (AvgIpc) is 2.19. The zero-order valence-corrected chi connectivity index (χ0v) is 7.89. The number of carbonyl (C=O) groups excluding carboxylic acids is 1. The van der Waals surface area contributed by atoms with Crippen LogP contribution in [0.5, 0.6) is 0 Å². The molecule has 0 spiro atoms. The maximum Gasteiger partial charge on any atom is 0.225 e. The molecule has 1 heterocycles. The predicted molar refractivity (Wildman–Crippen MR) is 51.4 cm³/mol. The quantitative estimate of drug-likeness (QED) is 0.738. The van der Waals surface area contributed by atoms with Crippen LogP contribution in [-0.2, 0) is 4.79 Å². The van der Waals surface area contributed by atoms with Crippen molar-refractivity contribution in [1.82, 2.24) is 0 Å². The topological polar surface area (TPSA) is 55.1 Å². The second kappa shape index (κ2) is 3.58. The summed E-state index contributed by atoms with van der Waals surface area (Å²) < 4.78 is 25.9. The standard InChI is InChI=1S/C10H10F2N2O/c11-7-2-6-5(4-13)1-10(15)14-9(6)3-8(7)12/h2-3,5H,1,4,13H2,(H,14,15). The van der Waals surface area contributed by atoms with Crippen molar-refractivity contribution < 1.29 is 13.6 Å². The van der Waals surface area contributed by atoms with E-state index in [1.165, 1.54) is 0 Å². The molecule has 3 nitrogen and oxygen atoms in total. The number of halogens is 2. The summed E-state index contributed by atoms with van der Waals surface area (Å²) in [5.41, 5.74) is 6.36. The highest BCUT2D eigenvalue weighted by atomic mass is 19.2. The second-order valence-corrected chi connectivity index (χ2v) is 3.54. The van der Waals surface area contributed by atoms with E-state index in [1.54, 1.807) is 0 Å². The van der Waals surface area contributed by atoms with Crippen molar-refractivity contribution in [2.24, 2.45) is 5.73 Å². The van der Waals surface area contributed by atoms with Gasteiger partial charge >= 0.3 is 0 Å². The fourth-order valence-electron chi connectivity index (χ4n) is 1.75. The number of benzene rings is 1. The summed E-state index contributed by atoms with van der Waals surface area (Å²) >= 11 is 0. The Hall–Kier alpha value is -1.49. The Balaban J connectivity index is 2.51. The third kappa shape index (κ3) is 1.70. The van der Waals surface area contributed by atoms with Crippen LogP contribution in [0.1, 0.15) is 17.9 Å². The minimum atomic E-state index is -0.966. The molecule has 0 saturated carbocycles. The van der Waals surface area contributed by atoms with Crippen LogP contribution in [0.4, 0.5) is 14.5 Å². The van der Waals surface area contributed by atoms with Crippen molar-refractivity contribution in [3.63, 3.8) is 0 Å². The van der Waals surface area contributed by atoms with Crippen LogP contribution in [0.15, 0.2) is 12.1 Å². The summed E-state index contributed by atoms with van der Waals surface area (Å²) in [6.07, 6.45) is 0.217. The lowest BCUT2D eigenvalue weighted by molar-refractivity contribution is -0.116. The van der Waals surface area contributed by atoms with E-state index in [0.717, 1.165) is 12.1 Å². The number of nitrogens with two attached hydrogens (primary N) is 1. The first-order valence-corrected chi connectivity index (χ1v) is 4.60. The predicted octanol–water partition coefficient (Wildman–Crippen LogP) is 1.35. The number of carbonyl (C=O) groups is 1. The van der Waals surface area contributed by atoms with Gasteiger partial charge in [0.2, 0.25) is 5.91 Å². The van der Waals surface area contributed by atoms with Crippen LogP contribution in [0, 0.1) is 11.6 Å². The van der Waals surface area contributed by atoms with Gasteiger partial charge in [-0.2, -0.15) is 0 Å². The molecule has 1 atom stereocenters. The van der Waals surface area contributed by atoms with Gasteiger partial charge in [-0.25, -0.2) is 8.78 Å². The molecule has 3 N–H and O–H groups in total. The number of amides is 1. The molecule has 2 rings (SSSR count). The van der Waals surface area contributed by atoms with Crippen molar-refractivity contribution in [2.75, 3.05) is 11.9 Å². The van der Waals surface area contributed by atoms with Gasteiger partial charge in [0, 0.05) is 24.1 Å². The monoisotopic (exact) mass is 212 g/mol. The molecule has 5 heteroatoms. The Labute approximate surface area is 85.3 Å². The van der Waals surface area contributed by atoms with Crippen molar-refractivity contribution in [1.29, 1.82) is 0 Å². The van der Waals surface area contributed by atoms with E-state index in [0.29, 0.717) is 11.3 Å². The van der Waals surface area contributed by atoms with Crippen LogP contribution in [0.2, 0.25) is 0 Å². The molecule has 0 bridgehead atoms. The van der Waals surface area contributed by atoms with E-state index in [-0.39, 0.29) is 24.8 Å². The van der Waals surface area contributed by atoms with Crippen molar-refractivity contribution in [2.45, 2.75) is 12.3 Å². The van der Waals surface area contributed by atoms with Gasteiger partial charge in [0.15, 0.2) is 11.6 Å². The Morgan fingerprint density at radius 3 is 2.73 bits per heavy atom. The van der Waals surface area contributed by atoms with Crippen molar-refractivity contribution in [3.8, 4) is 0 Å². The van der Waals surface area contributed by atoms with Gasteiger partial charge in [0.25, 0.3) is 0 Å². The molecule has 1 unspecified atom stereocenters. The molecule has 1 aliphatic heterocycles. The molecule has 0 radical (unpaired) electrons. The third-order valence-electron chi connectivity index (χ3n) is 2.52. The number of nitrogens with one attached hydrogen (secondary N) is 1. The summed E-state index contributed by atoms with van der Waals surface area (Å²) in [6.45, 7) is 0.242. The molecule has 80 valence electrons. The van der Waals surface area contributed by atoms with Gasteiger partial charge in [0.05, 0.1) is 0 Å². The first-order valence-electron chi connectivity index (χ1n) is 4.60. The maximum atomic E-state index is 13.0. The highest BCUT2D eigenvalue weighted by molar-refractivity contribution is 5.94. The van der Waals surface area contributed by atoms with E-state index in [2.05, 4.69) is 5.32 Å². The molecule has 0 saturated heterocycles. The zero-order chi connectivity index (χ0) is 11.0. The molecule has 1 aliphatic rings. The summed E-state index contributed by atoms with van der Waals surface area (Å²) in [4.78, 5) is 11.2. The van der Waals surface area contributed by atoms with E-state index >= 15 is 0 Å². The largest absolute Gasteiger partial charge is 0.330 e. The molecular weight excluding hydrogens is 202 g/mol. The first-order chi connectivity index (χ1) is 7.11. The molecule has 1 aromatic carbocycles. The van der Waals surface area contributed by atoms with Crippen molar-refractivity contribution >= 4 is 11.6 Å². The Morgan fingerprint density at radius 2 is 2.07 bits per heavy atom.